The third-order valence-corrected chi connectivity index (χ3v) is 6.30. The first-order chi connectivity index (χ1) is 14.1. The predicted molar refractivity (Wildman–Crippen MR) is 120 cm³/mol. The quantitative estimate of drug-likeness (QED) is 0.403. The number of methoxy groups -OCH3 is 1. The van der Waals surface area contributed by atoms with Crippen LogP contribution in [0.5, 0.6) is 11.5 Å². The summed E-state index contributed by atoms with van der Waals surface area (Å²) in [5.74, 6) is 1.75. The summed E-state index contributed by atoms with van der Waals surface area (Å²) in [7, 11) is 1.68. The number of fused-ring (bicyclic) bond motifs is 3. The van der Waals surface area contributed by atoms with Crippen LogP contribution >= 0.6 is 31.9 Å². The fourth-order valence-corrected chi connectivity index (χ4v) is 4.69. The van der Waals surface area contributed by atoms with Gasteiger partial charge in [-0.15, -0.1) is 0 Å². The van der Waals surface area contributed by atoms with Gasteiger partial charge < -0.3 is 9.47 Å². The molecule has 2 aliphatic heterocycles. The molecule has 0 saturated carbocycles. The Balaban J connectivity index is 1.58. The minimum absolute atomic E-state index is 0.123. The van der Waals surface area contributed by atoms with E-state index in [0.29, 0.717) is 0 Å². The number of hydrazone groups is 1. The van der Waals surface area contributed by atoms with Crippen LogP contribution in [0.15, 0.2) is 80.8 Å². The molecule has 29 heavy (non-hydrogen) atoms. The summed E-state index contributed by atoms with van der Waals surface area (Å²) in [4.78, 5) is 0. The van der Waals surface area contributed by atoms with Gasteiger partial charge >= 0.3 is 0 Å². The first kappa shape index (κ1) is 18.7. The Kier molecular flexibility index (Phi) is 4.84. The molecule has 4 nitrogen and oxygen atoms in total. The Morgan fingerprint density at radius 2 is 1.79 bits per heavy atom. The van der Waals surface area contributed by atoms with Gasteiger partial charge in [0.05, 0.1) is 18.9 Å². The molecule has 0 unspecified atom stereocenters. The molecule has 3 aromatic rings. The summed E-state index contributed by atoms with van der Waals surface area (Å²) < 4.78 is 13.8. The molecule has 0 N–H and O–H groups in total. The zero-order valence-electron chi connectivity index (χ0n) is 15.7. The number of nitrogens with zero attached hydrogens (tertiary/aromatic N) is 2. The van der Waals surface area contributed by atoms with Gasteiger partial charge in [0, 0.05) is 26.5 Å². The molecule has 2 aliphatic rings. The van der Waals surface area contributed by atoms with Crippen LogP contribution in [0.1, 0.15) is 35.4 Å². The maximum Gasteiger partial charge on any atom is 0.213 e. The highest BCUT2D eigenvalue weighted by molar-refractivity contribution is 9.10. The average Bonchev–Trinajstić information content (AvgIpc) is 3.19. The van der Waals surface area contributed by atoms with E-state index in [2.05, 4.69) is 67.2 Å². The van der Waals surface area contributed by atoms with Gasteiger partial charge in [0.15, 0.2) is 0 Å². The molecule has 3 aromatic carbocycles. The summed E-state index contributed by atoms with van der Waals surface area (Å²) in [6, 6.07) is 22.6. The lowest BCUT2D eigenvalue weighted by atomic mass is 9.96. The van der Waals surface area contributed by atoms with Gasteiger partial charge in [-0.1, -0.05) is 44.0 Å². The van der Waals surface area contributed by atoms with Gasteiger partial charge in [-0.2, -0.15) is 5.10 Å². The van der Waals surface area contributed by atoms with Crippen molar-refractivity contribution in [1.29, 1.82) is 0 Å². The van der Waals surface area contributed by atoms with Crippen molar-refractivity contribution in [3.8, 4) is 11.5 Å². The molecular formula is C23H18Br2N2O2. The molecule has 0 aromatic heterocycles. The van der Waals surface area contributed by atoms with Gasteiger partial charge in [-0.25, -0.2) is 5.01 Å². The maximum atomic E-state index is 6.42. The van der Waals surface area contributed by atoms with Gasteiger partial charge in [0.2, 0.25) is 6.23 Å². The summed E-state index contributed by atoms with van der Waals surface area (Å²) in [6.45, 7) is 0. The third kappa shape index (κ3) is 3.45. The number of hydrogen-bond acceptors (Lipinski definition) is 4. The normalized spacial score (nSPS) is 19.8. The van der Waals surface area contributed by atoms with Crippen molar-refractivity contribution in [2.45, 2.75) is 18.7 Å². The van der Waals surface area contributed by atoms with Gasteiger partial charge in [0.25, 0.3) is 0 Å². The van der Waals surface area contributed by atoms with Crippen molar-refractivity contribution in [2.75, 3.05) is 7.11 Å². The lowest BCUT2D eigenvalue weighted by Crippen LogP contribution is -2.33. The van der Waals surface area contributed by atoms with Crippen molar-refractivity contribution in [2.24, 2.45) is 5.10 Å². The molecule has 0 spiro atoms. The SMILES string of the molecule is COc1ccc(C2=NN3[C@@H](c4cccc(Br)c4)Oc4ccc(Br)cc4[C@@H]3C2)cc1. The maximum absolute atomic E-state index is 6.42. The highest BCUT2D eigenvalue weighted by Crippen LogP contribution is 2.48. The van der Waals surface area contributed by atoms with Crippen LogP contribution in [0, 0.1) is 0 Å². The van der Waals surface area contributed by atoms with Crippen molar-refractivity contribution in [3.63, 3.8) is 0 Å². The van der Waals surface area contributed by atoms with Crippen LogP contribution in [0.25, 0.3) is 0 Å². The molecule has 0 aliphatic carbocycles. The molecule has 2 heterocycles. The number of hydrogen-bond donors (Lipinski definition) is 0. The third-order valence-electron chi connectivity index (χ3n) is 5.31. The van der Waals surface area contributed by atoms with Gasteiger partial charge in [0.1, 0.15) is 11.5 Å². The predicted octanol–water partition coefficient (Wildman–Crippen LogP) is 6.46. The van der Waals surface area contributed by atoms with Crippen LogP contribution in [-0.4, -0.2) is 17.8 Å². The van der Waals surface area contributed by atoms with Crippen LogP contribution < -0.4 is 9.47 Å². The Bertz CT molecular complexity index is 1100. The van der Waals surface area contributed by atoms with Crippen molar-refractivity contribution < 1.29 is 9.47 Å². The standard InChI is InChI=1S/C23H18Br2N2O2/c1-28-18-8-5-14(6-9-18)20-13-21-19-12-17(25)7-10-22(19)29-23(27(21)26-20)15-3-2-4-16(24)11-15/h2-12,21,23H,13H2,1H3/t21-,23+/m0/s1. The number of benzene rings is 3. The van der Waals surface area contributed by atoms with E-state index in [1.807, 2.05) is 36.4 Å². The first-order valence-electron chi connectivity index (χ1n) is 9.34. The van der Waals surface area contributed by atoms with Crippen molar-refractivity contribution >= 4 is 37.6 Å². The number of ether oxygens (including phenoxy) is 2. The van der Waals surface area contributed by atoms with E-state index in [9.17, 15) is 0 Å². The average molecular weight is 514 g/mol. The Morgan fingerprint density at radius 3 is 2.55 bits per heavy atom. The number of rotatable bonds is 3. The van der Waals surface area contributed by atoms with Crippen molar-refractivity contribution in [1.82, 2.24) is 5.01 Å². The number of halogens is 2. The van der Waals surface area contributed by atoms with E-state index >= 15 is 0 Å². The smallest absolute Gasteiger partial charge is 0.213 e. The molecular weight excluding hydrogens is 496 g/mol. The largest absolute Gasteiger partial charge is 0.497 e. The monoisotopic (exact) mass is 512 g/mol. The molecule has 0 amide bonds. The minimum Gasteiger partial charge on any atom is -0.497 e. The lowest BCUT2D eigenvalue weighted by molar-refractivity contribution is -0.0191. The van der Waals surface area contributed by atoms with E-state index in [-0.39, 0.29) is 12.3 Å². The van der Waals surface area contributed by atoms with Crippen molar-refractivity contribution in [3.05, 3.63) is 92.4 Å². The summed E-state index contributed by atoms with van der Waals surface area (Å²) in [5, 5.41) is 7.10. The van der Waals surface area contributed by atoms with E-state index in [4.69, 9.17) is 14.6 Å². The molecule has 0 bridgehead atoms. The molecule has 0 saturated heterocycles. The molecule has 6 heteroatoms. The van der Waals surface area contributed by atoms with E-state index in [1.165, 1.54) is 0 Å². The summed E-state index contributed by atoms with van der Waals surface area (Å²) in [5.41, 5.74) is 4.37. The molecule has 0 fully saturated rings. The molecule has 2 atom stereocenters. The second-order valence-corrected chi connectivity index (χ2v) is 8.91. The second kappa shape index (κ2) is 7.50. The second-order valence-electron chi connectivity index (χ2n) is 7.08. The molecule has 5 rings (SSSR count). The van der Waals surface area contributed by atoms with Gasteiger partial charge in [-0.3, -0.25) is 0 Å². The van der Waals surface area contributed by atoms with E-state index < -0.39 is 0 Å². The Morgan fingerprint density at radius 1 is 1.00 bits per heavy atom. The van der Waals surface area contributed by atoms with Crippen LogP contribution in [0.3, 0.4) is 0 Å². The fourth-order valence-electron chi connectivity index (χ4n) is 3.90. The van der Waals surface area contributed by atoms with Gasteiger partial charge in [-0.05, 0) is 60.2 Å². The minimum atomic E-state index is -0.276. The Labute approximate surface area is 186 Å². The molecule has 146 valence electrons. The highest BCUT2D eigenvalue weighted by Gasteiger charge is 2.41. The summed E-state index contributed by atoms with van der Waals surface area (Å²) >= 11 is 7.18. The van der Waals surface area contributed by atoms with E-state index in [1.54, 1.807) is 7.11 Å². The Hall–Kier alpha value is -2.31. The highest BCUT2D eigenvalue weighted by atomic mass is 79.9. The van der Waals surface area contributed by atoms with Crippen LogP contribution in [0.4, 0.5) is 0 Å². The zero-order chi connectivity index (χ0) is 20.0. The first-order valence-corrected chi connectivity index (χ1v) is 10.9. The lowest BCUT2D eigenvalue weighted by Gasteiger charge is -2.38. The fraction of sp³-hybridized carbons (Fsp3) is 0.174. The van der Waals surface area contributed by atoms with Crippen LogP contribution in [0.2, 0.25) is 0 Å². The van der Waals surface area contributed by atoms with E-state index in [0.717, 1.165) is 49.3 Å². The molecule has 0 radical (unpaired) electrons. The van der Waals surface area contributed by atoms with Crippen LogP contribution in [-0.2, 0) is 0 Å². The summed E-state index contributed by atoms with van der Waals surface area (Å²) in [6.07, 6.45) is 0.547. The topological polar surface area (TPSA) is 34.1 Å². The zero-order valence-corrected chi connectivity index (χ0v) is 18.9.